The lowest BCUT2D eigenvalue weighted by molar-refractivity contribution is 0.732. The molecule has 23 heavy (non-hydrogen) atoms. The molecule has 0 fully saturated rings. The highest BCUT2D eigenvalue weighted by molar-refractivity contribution is 5.67. The Hall–Kier alpha value is -2.10. The van der Waals surface area contributed by atoms with Crippen molar-refractivity contribution in [2.24, 2.45) is 0 Å². The summed E-state index contributed by atoms with van der Waals surface area (Å²) in [6, 6.07) is 11.0. The number of aryl methyl sites for hydroxylation is 1. The minimum absolute atomic E-state index is 0.391. The molecular formula is C19H26N4. The first kappa shape index (κ1) is 15.8. The molecule has 1 aliphatic heterocycles. The largest absolute Gasteiger partial charge is 0.370 e. The minimum atomic E-state index is 0.391. The summed E-state index contributed by atoms with van der Waals surface area (Å²) in [5.41, 5.74) is 3.62. The van der Waals surface area contributed by atoms with Crippen molar-refractivity contribution in [2.45, 2.75) is 52.5 Å². The van der Waals surface area contributed by atoms with Crippen molar-refractivity contribution >= 4 is 17.5 Å². The van der Waals surface area contributed by atoms with Gasteiger partial charge in [-0.25, -0.2) is 4.98 Å². The third kappa shape index (κ3) is 3.46. The van der Waals surface area contributed by atoms with E-state index in [1.165, 1.54) is 30.5 Å². The van der Waals surface area contributed by atoms with Gasteiger partial charge >= 0.3 is 0 Å². The van der Waals surface area contributed by atoms with E-state index in [9.17, 15) is 0 Å². The van der Waals surface area contributed by atoms with Gasteiger partial charge < -0.3 is 10.2 Å². The summed E-state index contributed by atoms with van der Waals surface area (Å²) in [6.07, 6.45) is 4.71. The first-order chi connectivity index (χ1) is 11.2. The van der Waals surface area contributed by atoms with E-state index >= 15 is 0 Å². The van der Waals surface area contributed by atoms with Crippen molar-refractivity contribution in [1.82, 2.24) is 9.97 Å². The quantitative estimate of drug-likeness (QED) is 0.799. The van der Waals surface area contributed by atoms with Crippen LogP contribution in [0.5, 0.6) is 0 Å². The Labute approximate surface area is 139 Å². The summed E-state index contributed by atoms with van der Waals surface area (Å²) in [5.74, 6) is 1.74. The van der Waals surface area contributed by atoms with Gasteiger partial charge in [-0.1, -0.05) is 38.0 Å². The first-order valence-corrected chi connectivity index (χ1v) is 8.65. The smallest absolute Gasteiger partial charge is 0.232 e. The molecule has 1 aromatic carbocycles. The summed E-state index contributed by atoms with van der Waals surface area (Å²) in [5, 5.41) is 3.45. The van der Waals surface area contributed by atoms with Gasteiger partial charge in [-0.3, -0.25) is 0 Å². The van der Waals surface area contributed by atoms with Crippen LogP contribution in [0.1, 0.15) is 44.4 Å². The Morgan fingerprint density at radius 3 is 2.87 bits per heavy atom. The van der Waals surface area contributed by atoms with E-state index in [4.69, 9.17) is 4.98 Å². The van der Waals surface area contributed by atoms with Gasteiger partial charge in [0, 0.05) is 30.0 Å². The maximum atomic E-state index is 4.77. The fraction of sp³-hybridized carbons (Fsp3) is 0.474. The summed E-state index contributed by atoms with van der Waals surface area (Å²) < 4.78 is 0. The van der Waals surface area contributed by atoms with Gasteiger partial charge in [-0.05, 0) is 38.3 Å². The highest BCUT2D eigenvalue weighted by Crippen LogP contribution is 2.36. The third-order valence-corrected chi connectivity index (χ3v) is 4.35. The number of rotatable bonds is 6. The van der Waals surface area contributed by atoms with Gasteiger partial charge in [-0.2, -0.15) is 4.98 Å². The number of nitrogens with one attached hydrogen (secondary N) is 1. The van der Waals surface area contributed by atoms with Gasteiger partial charge in [0.05, 0.1) is 0 Å². The second-order valence-electron chi connectivity index (χ2n) is 6.38. The van der Waals surface area contributed by atoms with E-state index in [0.29, 0.717) is 6.04 Å². The van der Waals surface area contributed by atoms with Crippen molar-refractivity contribution < 1.29 is 0 Å². The molecule has 2 heterocycles. The molecule has 1 N–H and O–H groups in total. The van der Waals surface area contributed by atoms with Crippen LogP contribution in [0.25, 0.3) is 0 Å². The molecule has 1 aliphatic rings. The molecule has 3 rings (SSSR count). The second-order valence-corrected chi connectivity index (χ2v) is 6.38. The predicted molar refractivity (Wildman–Crippen MR) is 96.5 cm³/mol. The van der Waals surface area contributed by atoms with Crippen LogP contribution in [0.4, 0.5) is 17.5 Å². The lowest BCUT2D eigenvalue weighted by atomic mass is 10.1. The van der Waals surface area contributed by atoms with Gasteiger partial charge in [0.25, 0.3) is 0 Å². The lowest BCUT2D eigenvalue weighted by Crippen LogP contribution is -2.26. The molecule has 0 radical (unpaired) electrons. The molecule has 1 unspecified atom stereocenters. The van der Waals surface area contributed by atoms with Crippen LogP contribution in [0.15, 0.2) is 30.3 Å². The fourth-order valence-electron chi connectivity index (χ4n) is 3.21. The highest BCUT2D eigenvalue weighted by Gasteiger charge is 2.28. The van der Waals surface area contributed by atoms with Gasteiger partial charge in [0.1, 0.15) is 5.82 Å². The molecular weight excluding hydrogens is 284 g/mol. The molecule has 0 aliphatic carbocycles. The molecule has 1 atom stereocenters. The number of anilines is 3. The molecule has 2 aromatic rings. The van der Waals surface area contributed by atoms with E-state index in [-0.39, 0.29) is 0 Å². The van der Waals surface area contributed by atoms with Crippen LogP contribution >= 0.6 is 0 Å². The molecule has 0 saturated heterocycles. The Bertz CT molecular complexity index is 668. The maximum Gasteiger partial charge on any atom is 0.232 e. The zero-order chi connectivity index (χ0) is 16.2. The van der Waals surface area contributed by atoms with Crippen molar-refractivity contribution in [3.05, 3.63) is 41.6 Å². The monoisotopic (exact) mass is 310 g/mol. The molecule has 1 aromatic heterocycles. The van der Waals surface area contributed by atoms with Crippen LogP contribution in [-0.2, 0) is 6.42 Å². The zero-order valence-corrected chi connectivity index (χ0v) is 14.3. The van der Waals surface area contributed by atoms with E-state index in [2.05, 4.69) is 53.3 Å². The fourth-order valence-corrected chi connectivity index (χ4v) is 3.21. The van der Waals surface area contributed by atoms with Crippen molar-refractivity contribution in [3.8, 4) is 0 Å². The normalized spacial score (nSPS) is 16.5. The number of aromatic nitrogens is 2. The van der Waals surface area contributed by atoms with Gasteiger partial charge in [0.15, 0.2) is 0 Å². The SMILES string of the molecule is CCCCCNc1cc(C)nc(N2c3ccccc3CC2C)n1. The average Bonchev–Trinajstić information content (AvgIpc) is 2.87. The summed E-state index contributed by atoms with van der Waals surface area (Å²) in [7, 11) is 0. The third-order valence-electron chi connectivity index (χ3n) is 4.35. The van der Waals surface area contributed by atoms with Crippen LogP contribution in [0, 0.1) is 6.92 Å². The minimum Gasteiger partial charge on any atom is -0.370 e. The van der Waals surface area contributed by atoms with Crippen molar-refractivity contribution in [3.63, 3.8) is 0 Å². The van der Waals surface area contributed by atoms with E-state index in [1.807, 2.05) is 13.0 Å². The molecule has 0 amide bonds. The van der Waals surface area contributed by atoms with Crippen LogP contribution in [0.3, 0.4) is 0 Å². The van der Waals surface area contributed by atoms with Crippen molar-refractivity contribution in [1.29, 1.82) is 0 Å². The Morgan fingerprint density at radius 1 is 1.22 bits per heavy atom. The summed E-state index contributed by atoms with van der Waals surface area (Å²) in [4.78, 5) is 11.7. The molecule has 4 nitrogen and oxygen atoms in total. The number of hydrogen-bond acceptors (Lipinski definition) is 4. The number of nitrogens with zero attached hydrogens (tertiary/aromatic N) is 3. The van der Waals surface area contributed by atoms with Crippen LogP contribution in [-0.4, -0.2) is 22.6 Å². The number of unbranched alkanes of at least 4 members (excludes halogenated alkanes) is 2. The summed E-state index contributed by atoms with van der Waals surface area (Å²) >= 11 is 0. The van der Waals surface area contributed by atoms with E-state index in [1.54, 1.807) is 0 Å². The van der Waals surface area contributed by atoms with Gasteiger partial charge in [-0.15, -0.1) is 0 Å². The second kappa shape index (κ2) is 6.99. The Morgan fingerprint density at radius 2 is 2.04 bits per heavy atom. The molecule has 0 bridgehead atoms. The first-order valence-electron chi connectivity index (χ1n) is 8.65. The standard InChI is InChI=1S/C19H26N4/c1-4-5-8-11-20-18-12-14(2)21-19(22-18)23-15(3)13-16-9-6-7-10-17(16)23/h6-7,9-10,12,15H,4-5,8,11,13H2,1-3H3,(H,20,21,22). The molecule has 0 saturated carbocycles. The predicted octanol–water partition coefficient (Wildman–Crippen LogP) is 4.47. The highest BCUT2D eigenvalue weighted by atomic mass is 15.3. The van der Waals surface area contributed by atoms with E-state index < -0.39 is 0 Å². The number of benzene rings is 1. The Balaban J connectivity index is 1.84. The number of para-hydroxylation sites is 1. The van der Waals surface area contributed by atoms with Crippen molar-refractivity contribution in [2.75, 3.05) is 16.8 Å². The van der Waals surface area contributed by atoms with E-state index in [0.717, 1.165) is 30.4 Å². The lowest BCUT2D eigenvalue weighted by Gasteiger charge is -2.23. The number of hydrogen-bond donors (Lipinski definition) is 1. The molecule has 122 valence electrons. The number of fused-ring (bicyclic) bond motifs is 1. The summed E-state index contributed by atoms with van der Waals surface area (Å²) in [6.45, 7) is 7.46. The molecule has 4 heteroatoms. The topological polar surface area (TPSA) is 41.1 Å². The molecule has 0 spiro atoms. The van der Waals surface area contributed by atoms with Crippen LogP contribution < -0.4 is 10.2 Å². The Kier molecular flexibility index (Phi) is 4.79. The average molecular weight is 310 g/mol. The van der Waals surface area contributed by atoms with Crippen LogP contribution in [0.2, 0.25) is 0 Å². The van der Waals surface area contributed by atoms with Gasteiger partial charge in [0.2, 0.25) is 5.95 Å². The zero-order valence-electron chi connectivity index (χ0n) is 14.3. The maximum absolute atomic E-state index is 4.77.